The van der Waals surface area contributed by atoms with Crippen LogP contribution in [0.25, 0.3) is 10.2 Å². The van der Waals surface area contributed by atoms with E-state index in [1.54, 1.807) is 11.5 Å². The summed E-state index contributed by atoms with van der Waals surface area (Å²) in [6, 6.07) is 17.4. The normalized spacial score (nSPS) is 10.8. The first-order chi connectivity index (χ1) is 14.1. The maximum absolute atomic E-state index is 12.8. The Kier molecular flexibility index (Phi) is 5.14. The molecule has 0 radical (unpaired) electrons. The van der Waals surface area contributed by atoms with E-state index in [4.69, 9.17) is 0 Å². The Labute approximate surface area is 171 Å². The number of fused-ring (bicyclic) bond motifs is 1. The van der Waals surface area contributed by atoms with E-state index in [2.05, 4.69) is 15.6 Å². The zero-order valence-electron chi connectivity index (χ0n) is 16.1. The number of amides is 1. The topological polar surface area (TPSA) is 76.0 Å². The zero-order chi connectivity index (χ0) is 20.4. The standard InChI is InChI=1S/C22H20N4O2S/c1-3-26-13-23-21-18(22(26)28)14(2)19(29-21)20(27)25-17-11-9-16(10-12-17)24-15-7-5-4-6-8-15/h4-13,24H,3H2,1-2H3,(H,25,27). The molecule has 146 valence electrons. The first kappa shape index (κ1) is 18.9. The number of rotatable bonds is 5. The van der Waals surface area contributed by atoms with Gasteiger partial charge in [0.15, 0.2) is 0 Å². The van der Waals surface area contributed by atoms with Crippen LogP contribution in [-0.2, 0) is 6.54 Å². The monoisotopic (exact) mass is 404 g/mol. The largest absolute Gasteiger partial charge is 0.356 e. The van der Waals surface area contributed by atoms with Gasteiger partial charge in [0, 0.05) is 23.6 Å². The van der Waals surface area contributed by atoms with Crippen molar-refractivity contribution in [3.05, 3.63) is 81.7 Å². The highest BCUT2D eigenvalue weighted by atomic mass is 32.1. The summed E-state index contributed by atoms with van der Waals surface area (Å²) in [6.45, 7) is 4.23. The van der Waals surface area contributed by atoms with E-state index in [0.29, 0.717) is 32.9 Å². The van der Waals surface area contributed by atoms with Crippen LogP contribution in [0, 0.1) is 6.92 Å². The Morgan fingerprint density at radius 1 is 1.03 bits per heavy atom. The van der Waals surface area contributed by atoms with E-state index >= 15 is 0 Å². The summed E-state index contributed by atoms with van der Waals surface area (Å²) in [6.07, 6.45) is 1.53. The van der Waals surface area contributed by atoms with Gasteiger partial charge in [-0.3, -0.25) is 14.2 Å². The number of para-hydroxylation sites is 1. The lowest BCUT2D eigenvalue weighted by molar-refractivity contribution is 0.103. The van der Waals surface area contributed by atoms with Crippen LogP contribution < -0.4 is 16.2 Å². The molecule has 0 saturated carbocycles. The van der Waals surface area contributed by atoms with Gasteiger partial charge in [-0.2, -0.15) is 0 Å². The number of thiophene rings is 1. The van der Waals surface area contributed by atoms with E-state index in [-0.39, 0.29) is 11.5 Å². The predicted molar refractivity (Wildman–Crippen MR) is 118 cm³/mol. The van der Waals surface area contributed by atoms with Gasteiger partial charge in [0.1, 0.15) is 4.83 Å². The van der Waals surface area contributed by atoms with Gasteiger partial charge < -0.3 is 10.6 Å². The average Bonchev–Trinajstić information content (AvgIpc) is 3.08. The van der Waals surface area contributed by atoms with Crippen LogP contribution in [0.4, 0.5) is 17.1 Å². The number of carbonyl (C=O) groups is 1. The highest BCUT2D eigenvalue weighted by Crippen LogP contribution is 2.28. The molecule has 0 unspecified atom stereocenters. The van der Waals surface area contributed by atoms with Gasteiger partial charge in [0.25, 0.3) is 11.5 Å². The Bertz CT molecular complexity index is 1230. The summed E-state index contributed by atoms with van der Waals surface area (Å²) in [4.78, 5) is 30.8. The minimum absolute atomic E-state index is 0.110. The number of carbonyl (C=O) groups excluding carboxylic acids is 1. The number of aromatic nitrogens is 2. The summed E-state index contributed by atoms with van der Waals surface area (Å²) in [5, 5.41) is 6.73. The zero-order valence-corrected chi connectivity index (χ0v) is 16.9. The summed E-state index contributed by atoms with van der Waals surface area (Å²) < 4.78 is 1.54. The first-order valence-corrected chi connectivity index (χ1v) is 10.1. The second-order valence-corrected chi connectivity index (χ2v) is 7.59. The van der Waals surface area contributed by atoms with E-state index in [0.717, 1.165) is 11.4 Å². The molecule has 6 nitrogen and oxygen atoms in total. The van der Waals surface area contributed by atoms with Crippen molar-refractivity contribution in [2.75, 3.05) is 10.6 Å². The molecule has 2 aromatic carbocycles. The van der Waals surface area contributed by atoms with E-state index < -0.39 is 0 Å². The summed E-state index contributed by atoms with van der Waals surface area (Å²) >= 11 is 1.24. The summed E-state index contributed by atoms with van der Waals surface area (Å²) in [7, 11) is 0. The number of nitrogens with zero attached hydrogens (tertiary/aromatic N) is 2. The third kappa shape index (κ3) is 3.77. The Morgan fingerprint density at radius 3 is 2.38 bits per heavy atom. The number of aryl methyl sites for hydroxylation is 2. The van der Waals surface area contributed by atoms with Gasteiger partial charge in [0.2, 0.25) is 0 Å². The molecule has 0 atom stereocenters. The second kappa shape index (κ2) is 7.89. The minimum atomic E-state index is -0.239. The third-order valence-corrected chi connectivity index (χ3v) is 5.87. The van der Waals surface area contributed by atoms with Crippen molar-refractivity contribution in [1.82, 2.24) is 9.55 Å². The van der Waals surface area contributed by atoms with Crippen molar-refractivity contribution >= 4 is 44.5 Å². The average molecular weight is 404 g/mol. The van der Waals surface area contributed by atoms with Crippen LogP contribution in [0.15, 0.2) is 65.7 Å². The first-order valence-electron chi connectivity index (χ1n) is 9.29. The highest BCUT2D eigenvalue weighted by molar-refractivity contribution is 7.20. The van der Waals surface area contributed by atoms with Crippen LogP contribution >= 0.6 is 11.3 Å². The van der Waals surface area contributed by atoms with Gasteiger partial charge in [-0.15, -0.1) is 11.3 Å². The van der Waals surface area contributed by atoms with Crippen molar-refractivity contribution < 1.29 is 4.79 Å². The van der Waals surface area contributed by atoms with Crippen molar-refractivity contribution in [3.63, 3.8) is 0 Å². The quantitative estimate of drug-likeness (QED) is 0.502. The second-order valence-electron chi connectivity index (χ2n) is 6.59. The van der Waals surface area contributed by atoms with Crippen LogP contribution in [0.5, 0.6) is 0 Å². The van der Waals surface area contributed by atoms with Gasteiger partial charge in [-0.1, -0.05) is 18.2 Å². The Hall–Kier alpha value is -3.45. The molecule has 1 amide bonds. The van der Waals surface area contributed by atoms with Crippen LogP contribution in [0.2, 0.25) is 0 Å². The molecule has 0 aliphatic heterocycles. The predicted octanol–water partition coefficient (Wildman–Crippen LogP) is 4.78. The molecule has 0 aliphatic carbocycles. The number of anilines is 3. The Morgan fingerprint density at radius 2 is 1.69 bits per heavy atom. The molecule has 2 N–H and O–H groups in total. The molecule has 29 heavy (non-hydrogen) atoms. The molecular formula is C22H20N4O2S. The lowest BCUT2D eigenvalue weighted by Gasteiger charge is -2.08. The number of benzene rings is 2. The molecule has 4 aromatic rings. The van der Waals surface area contributed by atoms with Crippen molar-refractivity contribution in [3.8, 4) is 0 Å². The lowest BCUT2D eigenvalue weighted by Crippen LogP contribution is -2.19. The highest BCUT2D eigenvalue weighted by Gasteiger charge is 2.19. The molecule has 7 heteroatoms. The third-order valence-electron chi connectivity index (χ3n) is 4.67. The summed E-state index contributed by atoms with van der Waals surface area (Å²) in [5.41, 5.74) is 3.17. The molecule has 0 bridgehead atoms. The van der Waals surface area contributed by atoms with Crippen molar-refractivity contribution in [2.45, 2.75) is 20.4 Å². The molecule has 2 heterocycles. The molecule has 0 saturated heterocycles. The lowest BCUT2D eigenvalue weighted by atomic mass is 10.2. The van der Waals surface area contributed by atoms with Crippen LogP contribution in [0.3, 0.4) is 0 Å². The molecule has 0 fully saturated rings. The van der Waals surface area contributed by atoms with Gasteiger partial charge in [-0.25, -0.2) is 4.98 Å². The number of hydrogen-bond acceptors (Lipinski definition) is 5. The van der Waals surface area contributed by atoms with E-state index in [1.165, 1.54) is 17.7 Å². The minimum Gasteiger partial charge on any atom is -0.356 e. The molecule has 0 aliphatic rings. The van der Waals surface area contributed by atoms with E-state index in [1.807, 2.05) is 61.5 Å². The summed E-state index contributed by atoms with van der Waals surface area (Å²) in [5.74, 6) is -0.239. The van der Waals surface area contributed by atoms with Gasteiger partial charge in [-0.05, 0) is 55.8 Å². The molecule has 0 spiro atoms. The smallest absolute Gasteiger partial charge is 0.266 e. The SMILES string of the molecule is CCn1cnc2sc(C(=O)Nc3ccc(Nc4ccccc4)cc3)c(C)c2c1=O. The number of nitrogens with one attached hydrogen (secondary N) is 2. The van der Waals surface area contributed by atoms with Crippen LogP contribution in [0.1, 0.15) is 22.2 Å². The van der Waals surface area contributed by atoms with Crippen LogP contribution in [-0.4, -0.2) is 15.5 Å². The van der Waals surface area contributed by atoms with E-state index in [9.17, 15) is 9.59 Å². The number of hydrogen-bond donors (Lipinski definition) is 2. The fraction of sp³-hybridized carbons (Fsp3) is 0.136. The van der Waals surface area contributed by atoms with Crippen molar-refractivity contribution in [1.29, 1.82) is 0 Å². The molecule has 4 rings (SSSR count). The molecular weight excluding hydrogens is 384 g/mol. The maximum Gasteiger partial charge on any atom is 0.266 e. The fourth-order valence-electron chi connectivity index (χ4n) is 3.11. The van der Waals surface area contributed by atoms with Crippen molar-refractivity contribution in [2.24, 2.45) is 0 Å². The Balaban J connectivity index is 1.54. The maximum atomic E-state index is 12.8. The molecule has 2 aromatic heterocycles. The fourth-order valence-corrected chi connectivity index (χ4v) is 4.15. The van der Waals surface area contributed by atoms with Gasteiger partial charge in [0.05, 0.1) is 16.6 Å². The van der Waals surface area contributed by atoms with Gasteiger partial charge >= 0.3 is 0 Å².